The minimum Gasteiger partial charge on any atom is -0.439 e. The first-order chi connectivity index (χ1) is 14.9. The van der Waals surface area contributed by atoms with E-state index in [1.807, 2.05) is 48.5 Å². The van der Waals surface area contributed by atoms with Gasteiger partial charge in [-0.3, -0.25) is 0 Å². The molecule has 0 bridgehead atoms. The molecule has 0 amide bonds. The van der Waals surface area contributed by atoms with Crippen molar-refractivity contribution in [1.82, 2.24) is 4.98 Å². The topological polar surface area (TPSA) is 26.0 Å². The Morgan fingerprint density at radius 3 is 1.43 bits per heavy atom. The maximum atomic E-state index is 6.52. The smallest absolute Gasteiger partial charge is 0.207 e. The summed E-state index contributed by atoms with van der Waals surface area (Å²) in [5.41, 5.74) is 5.25. The molecule has 144 valence electrons. The molecule has 0 atom stereocenters. The standard InChI is InChI=1S/C28H21NO/c1-5-13-21(14-6-1)25(22-15-7-2-8-16-22)28-29-26(23-17-9-3-10-18-23)27(30-28)24-19-11-4-12-20-24/h1-20,25H. The van der Waals surface area contributed by atoms with E-state index < -0.39 is 0 Å². The van der Waals surface area contributed by atoms with Crippen molar-refractivity contribution in [3.63, 3.8) is 0 Å². The van der Waals surface area contributed by atoms with E-state index in [0.717, 1.165) is 33.7 Å². The van der Waals surface area contributed by atoms with Gasteiger partial charge in [0.25, 0.3) is 0 Å². The van der Waals surface area contributed by atoms with E-state index >= 15 is 0 Å². The van der Waals surface area contributed by atoms with E-state index in [1.54, 1.807) is 0 Å². The zero-order chi connectivity index (χ0) is 20.2. The van der Waals surface area contributed by atoms with Crippen LogP contribution < -0.4 is 0 Å². The first-order valence-corrected chi connectivity index (χ1v) is 10.1. The largest absolute Gasteiger partial charge is 0.439 e. The fourth-order valence-electron chi connectivity index (χ4n) is 3.81. The molecule has 0 aliphatic heterocycles. The minimum absolute atomic E-state index is 0.0766. The molecule has 0 unspecified atom stereocenters. The van der Waals surface area contributed by atoms with E-state index in [2.05, 4.69) is 72.8 Å². The third kappa shape index (κ3) is 3.56. The van der Waals surface area contributed by atoms with Gasteiger partial charge in [0.05, 0.1) is 5.92 Å². The van der Waals surface area contributed by atoms with Crippen LogP contribution in [0.2, 0.25) is 0 Å². The summed E-state index contributed by atoms with van der Waals surface area (Å²) in [4.78, 5) is 5.04. The van der Waals surface area contributed by atoms with Crippen LogP contribution in [-0.2, 0) is 0 Å². The van der Waals surface area contributed by atoms with E-state index in [0.29, 0.717) is 5.89 Å². The van der Waals surface area contributed by atoms with E-state index in [-0.39, 0.29) is 5.92 Å². The summed E-state index contributed by atoms with van der Waals surface area (Å²) < 4.78 is 6.52. The summed E-state index contributed by atoms with van der Waals surface area (Å²) in [5, 5.41) is 0. The summed E-state index contributed by atoms with van der Waals surface area (Å²) in [7, 11) is 0. The molecule has 0 N–H and O–H groups in total. The lowest BCUT2D eigenvalue weighted by Gasteiger charge is -2.14. The van der Waals surface area contributed by atoms with Gasteiger partial charge >= 0.3 is 0 Å². The van der Waals surface area contributed by atoms with Crippen LogP contribution in [0.4, 0.5) is 0 Å². The molecule has 1 heterocycles. The van der Waals surface area contributed by atoms with Crippen molar-refractivity contribution in [2.45, 2.75) is 5.92 Å². The average molecular weight is 387 g/mol. The lowest BCUT2D eigenvalue weighted by molar-refractivity contribution is 0.499. The fraction of sp³-hybridized carbons (Fsp3) is 0.0357. The zero-order valence-corrected chi connectivity index (χ0v) is 16.5. The summed E-state index contributed by atoms with van der Waals surface area (Å²) in [6.45, 7) is 0. The van der Waals surface area contributed by atoms with Gasteiger partial charge in [0, 0.05) is 11.1 Å². The highest BCUT2D eigenvalue weighted by Crippen LogP contribution is 2.38. The van der Waals surface area contributed by atoms with Crippen LogP contribution in [0, 0.1) is 0 Å². The monoisotopic (exact) mass is 387 g/mol. The molecule has 0 aliphatic carbocycles. The average Bonchev–Trinajstić information content (AvgIpc) is 3.27. The molecule has 2 heteroatoms. The maximum absolute atomic E-state index is 6.52. The molecule has 4 aromatic carbocycles. The Balaban J connectivity index is 1.72. The molecule has 0 saturated carbocycles. The molecule has 0 saturated heterocycles. The van der Waals surface area contributed by atoms with Gasteiger partial charge in [-0.1, -0.05) is 121 Å². The third-order valence-electron chi connectivity index (χ3n) is 5.24. The van der Waals surface area contributed by atoms with Crippen molar-refractivity contribution in [2.75, 3.05) is 0 Å². The molecule has 2 nitrogen and oxygen atoms in total. The van der Waals surface area contributed by atoms with Gasteiger partial charge in [0.1, 0.15) is 5.69 Å². The zero-order valence-electron chi connectivity index (χ0n) is 16.5. The van der Waals surface area contributed by atoms with Crippen molar-refractivity contribution >= 4 is 0 Å². The van der Waals surface area contributed by atoms with E-state index in [1.165, 1.54) is 0 Å². The molecular weight excluding hydrogens is 366 g/mol. The number of hydrogen-bond acceptors (Lipinski definition) is 2. The van der Waals surface area contributed by atoms with Crippen LogP contribution in [0.15, 0.2) is 126 Å². The van der Waals surface area contributed by atoms with Crippen molar-refractivity contribution in [3.05, 3.63) is 138 Å². The van der Waals surface area contributed by atoms with Crippen LogP contribution >= 0.6 is 0 Å². The molecule has 1 aromatic heterocycles. The number of rotatable bonds is 5. The van der Waals surface area contributed by atoms with Crippen molar-refractivity contribution in [2.24, 2.45) is 0 Å². The highest BCUT2D eigenvalue weighted by molar-refractivity contribution is 5.77. The summed E-state index contributed by atoms with van der Waals surface area (Å²) >= 11 is 0. The van der Waals surface area contributed by atoms with E-state index in [4.69, 9.17) is 9.40 Å². The van der Waals surface area contributed by atoms with Gasteiger partial charge in [-0.25, -0.2) is 4.98 Å². The molecular formula is C28H21NO. The van der Waals surface area contributed by atoms with Crippen molar-refractivity contribution in [3.8, 4) is 22.6 Å². The molecule has 0 aliphatic rings. The number of benzene rings is 4. The number of nitrogens with zero attached hydrogens (tertiary/aromatic N) is 1. The Kier molecular flexibility index (Phi) is 4.97. The predicted molar refractivity (Wildman–Crippen MR) is 121 cm³/mol. The first-order valence-electron chi connectivity index (χ1n) is 10.1. The van der Waals surface area contributed by atoms with Crippen LogP contribution in [0.25, 0.3) is 22.6 Å². The Hall–Kier alpha value is -3.91. The molecule has 0 fully saturated rings. The van der Waals surface area contributed by atoms with Gasteiger partial charge in [-0.15, -0.1) is 0 Å². The maximum Gasteiger partial charge on any atom is 0.207 e. The SMILES string of the molecule is c1ccc(-c2nc(C(c3ccccc3)c3ccccc3)oc2-c2ccccc2)cc1. The molecule has 5 aromatic rings. The van der Waals surface area contributed by atoms with Gasteiger partial charge in [0.15, 0.2) is 5.76 Å². The summed E-state index contributed by atoms with van der Waals surface area (Å²) in [6.07, 6.45) is 0. The molecule has 5 rings (SSSR count). The second-order valence-electron chi connectivity index (χ2n) is 7.22. The summed E-state index contributed by atoms with van der Waals surface area (Å²) in [6, 6.07) is 41.3. The Bertz CT molecular complexity index is 1120. The highest BCUT2D eigenvalue weighted by Gasteiger charge is 2.25. The van der Waals surface area contributed by atoms with Crippen LogP contribution in [0.5, 0.6) is 0 Å². The molecule has 0 spiro atoms. The van der Waals surface area contributed by atoms with Gasteiger partial charge in [-0.05, 0) is 11.1 Å². The van der Waals surface area contributed by atoms with Gasteiger partial charge in [-0.2, -0.15) is 0 Å². The normalized spacial score (nSPS) is 11.0. The second kappa shape index (κ2) is 8.22. The van der Waals surface area contributed by atoms with Crippen LogP contribution in [-0.4, -0.2) is 4.98 Å². The number of aromatic nitrogens is 1. The Labute approximate surface area is 176 Å². The van der Waals surface area contributed by atoms with Gasteiger partial charge in [0.2, 0.25) is 5.89 Å². The van der Waals surface area contributed by atoms with Crippen LogP contribution in [0.3, 0.4) is 0 Å². The predicted octanol–water partition coefficient (Wildman–Crippen LogP) is 7.19. The third-order valence-corrected chi connectivity index (χ3v) is 5.24. The van der Waals surface area contributed by atoms with Crippen LogP contribution in [0.1, 0.15) is 22.9 Å². The second-order valence-corrected chi connectivity index (χ2v) is 7.22. The van der Waals surface area contributed by atoms with Gasteiger partial charge < -0.3 is 4.42 Å². The lowest BCUT2D eigenvalue weighted by Crippen LogP contribution is -2.03. The minimum atomic E-state index is -0.0766. The quantitative estimate of drug-likeness (QED) is 0.319. The highest BCUT2D eigenvalue weighted by atomic mass is 16.4. The Morgan fingerprint density at radius 1 is 0.500 bits per heavy atom. The summed E-state index contributed by atoms with van der Waals surface area (Å²) in [5.74, 6) is 1.42. The lowest BCUT2D eigenvalue weighted by atomic mass is 9.91. The number of oxazole rings is 1. The number of hydrogen-bond donors (Lipinski definition) is 0. The molecule has 30 heavy (non-hydrogen) atoms. The fourth-order valence-corrected chi connectivity index (χ4v) is 3.81. The van der Waals surface area contributed by atoms with E-state index in [9.17, 15) is 0 Å². The van der Waals surface area contributed by atoms with Crippen molar-refractivity contribution in [1.29, 1.82) is 0 Å². The Morgan fingerprint density at radius 2 is 0.933 bits per heavy atom. The van der Waals surface area contributed by atoms with Crippen molar-refractivity contribution < 1.29 is 4.42 Å². The first kappa shape index (κ1) is 18.1. The molecule has 0 radical (unpaired) electrons.